The topological polar surface area (TPSA) is 78.9 Å². The molecular weight excluding hydrogens is 709 g/mol. The fraction of sp³-hybridized carbons (Fsp3) is 0.941. The van der Waals surface area contributed by atoms with Crippen molar-refractivity contribution in [3.05, 3.63) is 0 Å². The minimum Gasteiger partial charge on any atom is -0.462 e. The molecule has 0 bridgehead atoms. The first-order valence-corrected chi connectivity index (χ1v) is 25.4. The smallest absolute Gasteiger partial charge is 0.306 e. The van der Waals surface area contributed by atoms with E-state index in [9.17, 15) is 14.4 Å². The lowest BCUT2D eigenvalue weighted by Gasteiger charge is -2.18. The van der Waals surface area contributed by atoms with E-state index in [0.717, 1.165) is 63.7 Å². The number of carbonyl (C=O) groups excluding carboxylic acids is 3. The summed E-state index contributed by atoms with van der Waals surface area (Å²) in [7, 11) is 0. The van der Waals surface area contributed by atoms with E-state index in [0.29, 0.717) is 19.3 Å². The minimum absolute atomic E-state index is 0.0630. The van der Waals surface area contributed by atoms with Gasteiger partial charge in [-0.3, -0.25) is 14.4 Å². The number of rotatable bonds is 46. The second kappa shape index (κ2) is 45.5. The summed E-state index contributed by atoms with van der Waals surface area (Å²) < 4.78 is 16.8. The highest BCUT2D eigenvalue weighted by Gasteiger charge is 2.19. The first kappa shape index (κ1) is 55.4. The molecule has 6 nitrogen and oxygen atoms in total. The Kier molecular flexibility index (Phi) is 44.2. The van der Waals surface area contributed by atoms with Crippen molar-refractivity contribution >= 4 is 17.9 Å². The lowest BCUT2D eigenvalue weighted by atomic mass is 9.99. The van der Waals surface area contributed by atoms with Gasteiger partial charge in [0.15, 0.2) is 6.10 Å². The summed E-state index contributed by atoms with van der Waals surface area (Å²) in [5.41, 5.74) is 0. The Bertz CT molecular complexity index is 859. The maximum atomic E-state index is 12.8. The molecule has 0 aliphatic carbocycles. The summed E-state index contributed by atoms with van der Waals surface area (Å²) in [6.07, 6.45) is 46.5. The number of unbranched alkanes of at least 4 members (excludes halogenated alkanes) is 32. The van der Waals surface area contributed by atoms with Gasteiger partial charge in [0.1, 0.15) is 13.2 Å². The quantitative estimate of drug-likeness (QED) is 0.0346. The van der Waals surface area contributed by atoms with Crippen molar-refractivity contribution in [2.24, 2.45) is 5.92 Å². The molecule has 0 heterocycles. The molecule has 0 aliphatic rings. The standard InChI is InChI=1S/C51H98O6/c1-5-8-10-12-14-16-22-27-31-35-39-43-50(53)56-46-48(45-55-49(52)42-38-34-30-26-17-15-13-11-9-6-2)57-51(54)44-40-36-32-28-24-21-19-18-20-23-25-29-33-37-41-47(4)7-3/h47-48H,5-46H2,1-4H3/t47?,48-/m1/s1. The maximum Gasteiger partial charge on any atom is 0.306 e. The fourth-order valence-corrected chi connectivity index (χ4v) is 7.66. The van der Waals surface area contributed by atoms with Crippen molar-refractivity contribution in [3.63, 3.8) is 0 Å². The molecule has 0 spiro atoms. The van der Waals surface area contributed by atoms with E-state index in [1.54, 1.807) is 0 Å². The van der Waals surface area contributed by atoms with Crippen molar-refractivity contribution in [2.45, 2.75) is 291 Å². The average Bonchev–Trinajstić information content (AvgIpc) is 3.21. The van der Waals surface area contributed by atoms with Crippen LogP contribution in [0.5, 0.6) is 0 Å². The Morgan fingerprint density at radius 2 is 0.614 bits per heavy atom. The van der Waals surface area contributed by atoms with Gasteiger partial charge in [0.25, 0.3) is 0 Å². The monoisotopic (exact) mass is 807 g/mol. The van der Waals surface area contributed by atoms with Gasteiger partial charge < -0.3 is 14.2 Å². The van der Waals surface area contributed by atoms with E-state index in [-0.39, 0.29) is 31.1 Å². The SMILES string of the molecule is CCCCCCCCCCCCCC(=O)OC[C@@H](COC(=O)CCCCCCCCCCCC)OC(=O)CCCCCCCCCCCCCCCCC(C)CC. The van der Waals surface area contributed by atoms with Gasteiger partial charge in [0.05, 0.1) is 0 Å². The van der Waals surface area contributed by atoms with Crippen molar-refractivity contribution in [1.82, 2.24) is 0 Å². The van der Waals surface area contributed by atoms with Crippen molar-refractivity contribution < 1.29 is 28.6 Å². The Balaban J connectivity index is 4.26. The zero-order valence-corrected chi connectivity index (χ0v) is 38.8. The van der Waals surface area contributed by atoms with E-state index in [2.05, 4.69) is 27.7 Å². The summed E-state index contributed by atoms with van der Waals surface area (Å²) in [6.45, 7) is 9.05. The Hall–Kier alpha value is -1.59. The van der Waals surface area contributed by atoms with Crippen LogP contribution in [0, 0.1) is 5.92 Å². The third-order valence-electron chi connectivity index (χ3n) is 11.9. The first-order valence-electron chi connectivity index (χ1n) is 25.4. The van der Waals surface area contributed by atoms with E-state index in [4.69, 9.17) is 14.2 Å². The zero-order chi connectivity index (χ0) is 41.7. The minimum atomic E-state index is -0.759. The van der Waals surface area contributed by atoms with Crippen molar-refractivity contribution in [3.8, 4) is 0 Å². The summed E-state index contributed by atoms with van der Waals surface area (Å²) >= 11 is 0. The number of esters is 3. The highest BCUT2D eigenvalue weighted by Crippen LogP contribution is 2.17. The molecule has 0 saturated carbocycles. The van der Waals surface area contributed by atoms with Crippen molar-refractivity contribution in [2.75, 3.05) is 13.2 Å². The van der Waals surface area contributed by atoms with Crippen LogP contribution in [0.1, 0.15) is 285 Å². The van der Waals surface area contributed by atoms with Gasteiger partial charge in [-0.25, -0.2) is 0 Å². The van der Waals surface area contributed by atoms with Crippen LogP contribution in [-0.2, 0) is 28.6 Å². The summed E-state index contributed by atoms with van der Waals surface area (Å²) in [4.78, 5) is 37.8. The molecule has 6 heteroatoms. The molecule has 0 N–H and O–H groups in total. The number of carbonyl (C=O) groups is 3. The third kappa shape index (κ3) is 43.8. The van der Waals surface area contributed by atoms with Gasteiger partial charge in [0, 0.05) is 19.3 Å². The Labute approximate surface area is 355 Å². The largest absolute Gasteiger partial charge is 0.462 e. The van der Waals surface area contributed by atoms with Gasteiger partial charge in [-0.05, 0) is 25.2 Å². The summed E-state index contributed by atoms with van der Waals surface area (Å²) in [5.74, 6) is 0.0466. The molecule has 0 aromatic rings. The van der Waals surface area contributed by atoms with Crippen LogP contribution >= 0.6 is 0 Å². The molecule has 0 saturated heterocycles. The molecule has 1 unspecified atom stereocenters. The summed E-state index contributed by atoms with van der Waals surface area (Å²) in [6, 6.07) is 0. The number of hydrogen-bond acceptors (Lipinski definition) is 6. The second-order valence-electron chi connectivity index (χ2n) is 17.7. The molecule has 338 valence electrons. The van der Waals surface area contributed by atoms with Crippen LogP contribution in [-0.4, -0.2) is 37.2 Å². The van der Waals surface area contributed by atoms with Crippen LogP contribution in [0.4, 0.5) is 0 Å². The van der Waals surface area contributed by atoms with Gasteiger partial charge in [-0.2, -0.15) is 0 Å². The first-order chi connectivity index (χ1) is 27.9. The Morgan fingerprint density at radius 1 is 0.351 bits per heavy atom. The second-order valence-corrected chi connectivity index (χ2v) is 17.7. The van der Waals surface area contributed by atoms with Gasteiger partial charge in [-0.1, -0.05) is 246 Å². The van der Waals surface area contributed by atoms with Crippen LogP contribution in [0.25, 0.3) is 0 Å². The van der Waals surface area contributed by atoms with E-state index >= 15 is 0 Å². The molecule has 0 fully saturated rings. The molecule has 0 aromatic heterocycles. The highest BCUT2D eigenvalue weighted by molar-refractivity contribution is 5.71. The molecule has 2 atom stereocenters. The van der Waals surface area contributed by atoms with Crippen LogP contribution in [0.2, 0.25) is 0 Å². The van der Waals surface area contributed by atoms with Crippen LogP contribution < -0.4 is 0 Å². The van der Waals surface area contributed by atoms with E-state index < -0.39 is 6.10 Å². The van der Waals surface area contributed by atoms with Crippen LogP contribution in [0.3, 0.4) is 0 Å². The molecule has 0 amide bonds. The van der Waals surface area contributed by atoms with Crippen molar-refractivity contribution in [1.29, 1.82) is 0 Å². The van der Waals surface area contributed by atoms with Gasteiger partial charge in [0.2, 0.25) is 0 Å². The van der Waals surface area contributed by atoms with Gasteiger partial charge in [-0.15, -0.1) is 0 Å². The predicted octanol–water partition coefficient (Wildman–Crippen LogP) is 16.3. The fourth-order valence-electron chi connectivity index (χ4n) is 7.66. The van der Waals surface area contributed by atoms with Crippen LogP contribution in [0.15, 0.2) is 0 Å². The van der Waals surface area contributed by atoms with E-state index in [1.807, 2.05) is 0 Å². The molecular formula is C51H98O6. The molecule has 0 radical (unpaired) electrons. The Morgan fingerprint density at radius 3 is 0.912 bits per heavy atom. The number of ether oxygens (including phenoxy) is 3. The third-order valence-corrected chi connectivity index (χ3v) is 11.9. The molecule has 0 aliphatic heterocycles. The molecule has 57 heavy (non-hydrogen) atoms. The normalized spacial score (nSPS) is 12.4. The zero-order valence-electron chi connectivity index (χ0n) is 38.8. The van der Waals surface area contributed by atoms with E-state index in [1.165, 1.54) is 180 Å². The summed E-state index contributed by atoms with van der Waals surface area (Å²) in [5, 5.41) is 0. The lowest BCUT2D eigenvalue weighted by molar-refractivity contribution is -0.167. The van der Waals surface area contributed by atoms with Gasteiger partial charge >= 0.3 is 17.9 Å². The molecule has 0 rings (SSSR count). The average molecular weight is 807 g/mol. The molecule has 0 aromatic carbocycles. The lowest BCUT2D eigenvalue weighted by Crippen LogP contribution is -2.30. The maximum absolute atomic E-state index is 12.8. The number of hydrogen-bond donors (Lipinski definition) is 0. The highest BCUT2D eigenvalue weighted by atomic mass is 16.6. The predicted molar refractivity (Wildman–Crippen MR) is 243 cm³/mol.